The van der Waals surface area contributed by atoms with Crippen molar-refractivity contribution in [2.75, 3.05) is 6.61 Å². The number of rotatable bonds is 4. The van der Waals surface area contributed by atoms with Crippen molar-refractivity contribution in [1.82, 2.24) is 5.32 Å². The SMILES string of the molecule is C#CC(NC(=O)OCC1c2ccccc2-c2ccccc21)C1CC(F)(F)C1. The summed E-state index contributed by atoms with van der Waals surface area (Å²) in [5, 5.41) is 2.55. The highest BCUT2D eigenvalue weighted by molar-refractivity contribution is 5.79. The van der Waals surface area contributed by atoms with Crippen LogP contribution < -0.4 is 5.32 Å². The third-order valence-electron chi connectivity index (χ3n) is 5.39. The Morgan fingerprint density at radius 1 is 1.15 bits per heavy atom. The molecule has 1 N–H and O–H groups in total. The normalized spacial score (nSPS) is 18.6. The summed E-state index contributed by atoms with van der Waals surface area (Å²) in [7, 11) is 0. The summed E-state index contributed by atoms with van der Waals surface area (Å²) in [5.41, 5.74) is 4.50. The van der Waals surface area contributed by atoms with E-state index in [0.717, 1.165) is 22.3 Å². The second-order valence-corrected chi connectivity index (χ2v) is 7.14. The van der Waals surface area contributed by atoms with Crippen LogP contribution in [0.25, 0.3) is 11.1 Å². The lowest BCUT2D eigenvalue weighted by Gasteiger charge is -2.38. The van der Waals surface area contributed by atoms with Crippen LogP contribution >= 0.6 is 0 Å². The van der Waals surface area contributed by atoms with Crippen LogP contribution in [0.2, 0.25) is 0 Å². The minimum atomic E-state index is -2.68. The minimum Gasteiger partial charge on any atom is -0.449 e. The van der Waals surface area contributed by atoms with E-state index in [-0.39, 0.29) is 25.4 Å². The lowest BCUT2D eigenvalue weighted by molar-refractivity contribution is -0.114. The van der Waals surface area contributed by atoms with Crippen molar-refractivity contribution in [2.24, 2.45) is 5.92 Å². The third-order valence-corrected chi connectivity index (χ3v) is 5.39. The predicted molar refractivity (Wildman–Crippen MR) is 98.5 cm³/mol. The van der Waals surface area contributed by atoms with Gasteiger partial charge in [-0.05, 0) is 22.3 Å². The highest BCUT2D eigenvalue weighted by Gasteiger charge is 2.48. The molecule has 2 aliphatic carbocycles. The van der Waals surface area contributed by atoms with Gasteiger partial charge in [0.05, 0.1) is 6.04 Å². The maximum absolute atomic E-state index is 13.0. The molecule has 0 saturated heterocycles. The van der Waals surface area contributed by atoms with E-state index in [0.29, 0.717) is 0 Å². The van der Waals surface area contributed by atoms with Crippen molar-refractivity contribution in [1.29, 1.82) is 0 Å². The fourth-order valence-corrected chi connectivity index (χ4v) is 4.01. The first kappa shape index (κ1) is 17.5. The van der Waals surface area contributed by atoms with Gasteiger partial charge in [-0.25, -0.2) is 13.6 Å². The number of carbonyl (C=O) groups excluding carboxylic acids is 1. The summed E-state index contributed by atoms with van der Waals surface area (Å²) in [4.78, 5) is 12.2. The Hall–Kier alpha value is -2.87. The van der Waals surface area contributed by atoms with Crippen molar-refractivity contribution in [3.05, 3.63) is 59.7 Å². The number of carbonyl (C=O) groups is 1. The van der Waals surface area contributed by atoms with E-state index in [1.807, 2.05) is 36.4 Å². The van der Waals surface area contributed by atoms with Gasteiger partial charge in [-0.1, -0.05) is 54.5 Å². The van der Waals surface area contributed by atoms with Gasteiger partial charge in [-0.2, -0.15) is 0 Å². The Labute approximate surface area is 156 Å². The molecule has 0 aliphatic heterocycles. The first-order chi connectivity index (χ1) is 13.0. The number of alkyl halides is 2. The summed E-state index contributed by atoms with van der Waals surface area (Å²) in [6.45, 7) is 0.165. The Morgan fingerprint density at radius 2 is 1.70 bits per heavy atom. The Bertz CT molecular complexity index is 865. The van der Waals surface area contributed by atoms with Gasteiger partial charge in [0.25, 0.3) is 0 Å². The molecule has 0 bridgehead atoms. The molecule has 4 rings (SSSR count). The van der Waals surface area contributed by atoms with Crippen LogP contribution in [0.4, 0.5) is 13.6 Å². The lowest BCUT2D eigenvalue weighted by atomic mass is 9.76. The number of alkyl carbamates (subject to hydrolysis) is 1. The number of hydrogen-bond donors (Lipinski definition) is 1. The molecule has 1 amide bonds. The molecule has 2 aromatic carbocycles. The summed E-state index contributed by atoms with van der Waals surface area (Å²) in [6.07, 6.45) is 4.13. The molecule has 138 valence electrons. The van der Waals surface area contributed by atoms with E-state index in [9.17, 15) is 13.6 Å². The zero-order valence-electron chi connectivity index (χ0n) is 14.6. The lowest BCUT2D eigenvalue weighted by Crippen LogP contribution is -2.49. The van der Waals surface area contributed by atoms with Gasteiger partial charge in [0.2, 0.25) is 5.92 Å². The molecule has 0 aromatic heterocycles. The minimum absolute atomic E-state index is 0.0551. The molecule has 1 fully saturated rings. The van der Waals surface area contributed by atoms with Crippen LogP contribution in [0, 0.1) is 18.3 Å². The average Bonchev–Trinajstić information content (AvgIpc) is 2.96. The average molecular weight is 367 g/mol. The zero-order valence-corrected chi connectivity index (χ0v) is 14.6. The second kappa shape index (κ2) is 6.70. The Balaban J connectivity index is 1.42. The number of halogens is 2. The van der Waals surface area contributed by atoms with Gasteiger partial charge in [-0.3, -0.25) is 0 Å². The monoisotopic (exact) mass is 367 g/mol. The smallest absolute Gasteiger partial charge is 0.408 e. The number of benzene rings is 2. The van der Waals surface area contributed by atoms with Crippen LogP contribution in [0.15, 0.2) is 48.5 Å². The molecule has 0 radical (unpaired) electrons. The number of fused-ring (bicyclic) bond motifs is 3. The summed E-state index contributed by atoms with van der Waals surface area (Å²) in [6, 6.07) is 15.3. The first-order valence-electron chi connectivity index (χ1n) is 8.94. The molecule has 2 aromatic rings. The van der Waals surface area contributed by atoms with Gasteiger partial charge in [0.1, 0.15) is 6.61 Å². The molecular weight excluding hydrogens is 348 g/mol. The molecule has 1 saturated carbocycles. The van der Waals surface area contributed by atoms with Gasteiger partial charge >= 0.3 is 6.09 Å². The summed E-state index contributed by atoms with van der Waals surface area (Å²) in [5.74, 6) is -0.758. The van der Waals surface area contributed by atoms with Gasteiger partial charge in [0, 0.05) is 24.7 Å². The van der Waals surface area contributed by atoms with E-state index in [4.69, 9.17) is 11.2 Å². The van der Waals surface area contributed by atoms with Crippen LogP contribution in [-0.4, -0.2) is 24.7 Å². The van der Waals surface area contributed by atoms with E-state index in [2.05, 4.69) is 23.4 Å². The molecule has 5 heteroatoms. The van der Waals surface area contributed by atoms with Gasteiger partial charge < -0.3 is 10.1 Å². The van der Waals surface area contributed by atoms with Crippen molar-refractivity contribution < 1.29 is 18.3 Å². The molecule has 1 atom stereocenters. The topological polar surface area (TPSA) is 38.3 Å². The molecule has 0 heterocycles. The number of terminal acetylenes is 1. The molecular formula is C22H19F2NO2. The van der Waals surface area contributed by atoms with Crippen LogP contribution in [0.1, 0.15) is 29.9 Å². The second-order valence-electron chi connectivity index (χ2n) is 7.14. The summed E-state index contributed by atoms with van der Waals surface area (Å²) >= 11 is 0. The Kier molecular flexibility index (Phi) is 4.35. The Morgan fingerprint density at radius 3 is 2.22 bits per heavy atom. The summed E-state index contributed by atoms with van der Waals surface area (Å²) < 4.78 is 31.5. The fourth-order valence-electron chi connectivity index (χ4n) is 4.01. The number of ether oxygens (including phenoxy) is 1. The molecule has 3 nitrogen and oxygen atoms in total. The molecule has 0 spiro atoms. The maximum atomic E-state index is 13.0. The van der Waals surface area contributed by atoms with Crippen molar-refractivity contribution in [3.63, 3.8) is 0 Å². The highest BCUT2D eigenvalue weighted by Crippen LogP contribution is 2.45. The largest absolute Gasteiger partial charge is 0.449 e. The number of amides is 1. The standard InChI is InChI=1S/C22H19F2NO2/c1-2-20(14-11-22(23,24)12-14)25-21(26)27-13-19-17-9-5-3-7-15(17)16-8-4-6-10-18(16)19/h1,3-10,14,19-20H,11-13H2,(H,25,26). The molecule has 1 unspecified atom stereocenters. The number of nitrogens with one attached hydrogen (secondary N) is 1. The van der Waals surface area contributed by atoms with E-state index >= 15 is 0 Å². The third kappa shape index (κ3) is 3.28. The van der Waals surface area contributed by atoms with Crippen LogP contribution in [0.5, 0.6) is 0 Å². The van der Waals surface area contributed by atoms with Crippen LogP contribution in [-0.2, 0) is 4.74 Å². The first-order valence-corrected chi connectivity index (χ1v) is 8.94. The van der Waals surface area contributed by atoms with Gasteiger partial charge in [0.15, 0.2) is 0 Å². The van der Waals surface area contributed by atoms with E-state index in [1.54, 1.807) is 0 Å². The van der Waals surface area contributed by atoms with Crippen molar-refractivity contribution in [2.45, 2.75) is 30.7 Å². The molecule has 27 heavy (non-hydrogen) atoms. The zero-order chi connectivity index (χ0) is 19.0. The van der Waals surface area contributed by atoms with Gasteiger partial charge in [-0.15, -0.1) is 6.42 Å². The predicted octanol–water partition coefficient (Wildman–Crippen LogP) is 4.57. The van der Waals surface area contributed by atoms with Crippen LogP contribution in [0.3, 0.4) is 0 Å². The van der Waals surface area contributed by atoms with Crippen molar-refractivity contribution in [3.8, 4) is 23.5 Å². The van der Waals surface area contributed by atoms with E-state index in [1.165, 1.54) is 0 Å². The number of hydrogen-bond acceptors (Lipinski definition) is 2. The molecule has 2 aliphatic rings. The van der Waals surface area contributed by atoms with Crippen molar-refractivity contribution >= 4 is 6.09 Å². The van der Waals surface area contributed by atoms with E-state index < -0.39 is 24.0 Å². The maximum Gasteiger partial charge on any atom is 0.408 e. The highest BCUT2D eigenvalue weighted by atomic mass is 19.3. The fraction of sp³-hybridized carbons (Fsp3) is 0.318. The quantitative estimate of drug-likeness (QED) is 0.804.